The van der Waals surface area contributed by atoms with E-state index in [2.05, 4.69) is 31.1 Å². The molecule has 4 atom stereocenters. The number of nitrogens with one attached hydrogen (secondary N) is 1. The van der Waals surface area contributed by atoms with Gasteiger partial charge in [-0.05, 0) is 33.4 Å². The predicted octanol–water partition coefficient (Wildman–Crippen LogP) is 1.11. The topological polar surface area (TPSA) is 33.7 Å². The molecule has 2 aliphatic rings. The first-order valence-electron chi connectivity index (χ1n) is 7.35. The molecule has 0 aromatic heterocycles. The van der Waals surface area contributed by atoms with Crippen molar-refractivity contribution in [1.29, 1.82) is 0 Å². The zero-order chi connectivity index (χ0) is 13.0. The van der Waals surface area contributed by atoms with Crippen molar-refractivity contribution in [1.82, 2.24) is 10.2 Å². The second-order valence-corrected chi connectivity index (χ2v) is 5.66. The van der Waals surface area contributed by atoms with Crippen molar-refractivity contribution in [3.05, 3.63) is 0 Å². The van der Waals surface area contributed by atoms with Crippen LogP contribution in [0, 0.1) is 5.92 Å². The van der Waals surface area contributed by atoms with Crippen molar-refractivity contribution in [2.24, 2.45) is 5.92 Å². The van der Waals surface area contributed by atoms with E-state index in [0.29, 0.717) is 24.1 Å². The summed E-state index contributed by atoms with van der Waals surface area (Å²) in [5.74, 6) is 0.671. The molecule has 2 saturated heterocycles. The first-order valence-corrected chi connectivity index (χ1v) is 7.35. The monoisotopic (exact) mass is 256 g/mol. The third-order valence-corrected chi connectivity index (χ3v) is 4.39. The molecule has 0 aromatic carbocycles. The Morgan fingerprint density at radius 3 is 2.72 bits per heavy atom. The summed E-state index contributed by atoms with van der Waals surface area (Å²) in [4.78, 5) is 2.48. The summed E-state index contributed by atoms with van der Waals surface area (Å²) in [6.07, 6.45) is 2.73. The summed E-state index contributed by atoms with van der Waals surface area (Å²) in [7, 11) is 2.23. The first-order chi connectivity index (χ1) is 8.72. The average Bonchev–Trinajstić information content (AvgIpc) is 2.98. The fraction of sp³-hybridized carbons (Fsp3) is 1.00. The summed E-state index contributed by atoms with van der Waals surface area (Å²) in [5.41, 5.74) is 0. The Labute approximate surface area is 111 Å². The van der Waals surface area contributed by atoms with Crippen LogP contribution in [0.4, 0.5) is 0 Å². The highest BCUT2D eigenvalue weighted by Gasteiger charge is 2.32. The SMILES string of the molecule is CCNC(CN(C)C1CCOC1C)C1CCOC1. The van der Waals surface area contributed by atoms with Crippen molar-refractivity contribution < 1.29 is 9.47 Å². The molecule has 4 heteroatoms. The predicted molar refractivity (Wildman–Crippen MR) is 72.8 cm³/mol. The molecule has 2 fully saturated rings. The number of likely N-dealkylation sites (N-methyl/N-ethyl adjacent to an activating group) is 2. The fourth-order valence-electron chi connectivity index (χ4n) is 3.26. The van der Waals surface area contributed by atoms with Gasteiger partial charge in [0.1, 0.15) is 0 Å². The van der Waals surface area contributed by atoms with Crippen LogP contribution in [0.3, 0.4) is 0 Å². The van der Waals surface area contributed by atoms with E-state index in [4.69, 9.17) is 9.47 Å². The van der Waals surface area contributed by atoms with Crippen LogP contribution in [0.15, 0.2) is 0 Å². The third kappa shape index (κ3) is 3.44. The molecule has 2 heterocycles. The molecule has 4 nitrogen and oxygen atoms in total. The van der Waals surface area contributed by atoms with Gasteiger partial charge in [0.2, 0.25) is 0 Å². The molecule has 0 amide bonds. The summed E-state index contributed by atoms with van der Waals surface area (Å²) in [6, 6.07) is 1.13. The number of rotatable bonds is 6. The van der Waals surface area contributed by atoms with Crippen LogP contribution in [-0.2, 0) is 9.47 Å². The van der Waals surface area contributed by atoms with Crippen molar-refractivity contribution in [2.45, 2.75) is 44.9 Å². The first kappa shape index (κ1) is 14.3. The Morgan fingerprint density at radius 2 is 2.17 bits per heavy atom. The molecule has 2 aliphatic heterocycles. The van der Waals surface area contributed by atoms with Crippen molar-refractivity contribution in [3.63, 3.8) is 0 Å². The van der Waals surface area contributed by atoms with E-state index in [-0.39, 0.29) is 0 Å². The van der Waals surface area contributed by atoms with Crippen LogP contribution >= 0.6 is 0 Å². The molecular weight excluding hydrogens is 228 g/mol. The fourth-order valence-corrected chi connectivity index (χ4v) is 3.26. The van der Waals surface area contributed by atoms with Gasteiger partial charge in [-0.15, -0.1) is 0 Å². The van der Waals surface area contributed by atoms with E-state index in [9.17, 15) is 0 Å². The van der Waals surface area contributed by atoms with Gasteiger partial charge in [-0.2, -0.15) is 0 Å². The maximum atomic E-state index is 5.67. The summed E-state index contributed by atoms with van der Waals surface area (Å²) < 4.78 is 11.2. The minimum atomic E-state index is 0.372. The zero-order valence-corrected chi connectivity index (χ0v) is 12.0. The number of nitrogens with zero attached hydrogens (tertiary/aromatic N) is 1. The van der Waals surface area contributed by atoms with Gasteiger partial charge in [0.05, 0.1) is 12.7 Å². The van der Waals surface area contributed by atoms with E-state index in [1.807, 2.05) is 0 Å². The number of hydrogen-bond donors (Lipinski definition) is 1. The standard InChI is InChI=1S/C14H28N2O2/c1-4-15-13(12-5-7-17-10-12)9-16(3)14-6-8-18-11(14)2/h11-15H,4-10H2,1-3H3. The highest BCUT2D eigenvalue weighted by atomic mass is 16.5. The molecule has 0 spiro atoms. The molecule has 0 aromatic rings. The summed E-state index contributed by atoms with van der Waals surface area (Å²) in [5, 5.41) is 3.63. The Morgan fingerprint density at radius 1 is 1.33 bits per heavy atom. The molecule has 0 aliphatic carbocycles. The van der Waals surface area contributed by atoms with E-state index < -0.39 is 0 Å². The highest BCUT2D eigenvalue weighted by Crippen LogP contribution is 2.22. The van der Waals surface area contributed by atoms with E-state index >= 15 is 0 Å². The molecular formula is C14H28N2O2. The van der Waals surface area contributed by atoms with Crippen molar-refractivity contribution in [2.75, 3.05) is 40.0 Å². The zero-order valence-electron chi connectivity index (χ0n) is 12.0. The van der Waals surface area contributed by atoms with Crippen molar-refractivity contribution >= 4 is 0 Å². The smallest absolute Gasteiger partial charge is 0.0702 e. The second kappa shape index (κ2) is 6.85. The van der Waals surface area contributed by atoms with E-state index in [0.717, 1.165) is 39.3 Å². The molecule has 0 bridgehead atoms. The number of hydrogen-bond acceptors (Lipinski definition) is 4. The Bertz CT molecular complexity index is 244. The molecule has 18 heavy (non-hydrogen) atoms. The molecule has 106 valence electrons. The van der Waals surface area contributed by atoms with Crippen LogP contribution in [0.2, 0.25) is 0 Å². The van der Waals surface area contributed by atoms with Gasteiger partial charge in [-0.3, -0.25) is 4.90 Å². The van der Waals surface area contributed by atoms with Crippen LogP contribution in [0.1, 0.15) is 26.7 Å². The number of ether oxygens (including phenoxy) is 2. The largest absolute Gasteiger partial charge is 0.381 e. The molecule has 2 rings (SSSR count). The lowest BCUT2D eigenvalue weighted by molar-refractivity contribution is 0.0762. The van der Waals surface area contributed by atoms with Crippen LogP contribution in [0.5, 0.6) is 0 Å². The Hall–Kier alpha value is -0.160. The minimum Gasteiger partial charge on any atom is -0.381 e. The summed E-state index contributed by atoms with van der Waals surface area (Å²) >= 11 is 0. The maximum Gasteiger partial charge on any atom is 0.0702 e. The van der Waals surface area contributed by atoms with Gasteiger partial charge in [0, 0.05) is 37.8 Å². The normalized spacial score (nSPS) is 34.3. The lowest BCUT2D eigenvalue weighted by atomic mass is 9.97. The van der Waals surface area contributed by atoms with Crippen LogP contribution < -0.4 is 5.32 Å². The molecule has 1 N–H and O–H groups in total. The van der Waals surface area contributed by atoms with Gasteiger partial charge in [-0.25, -0.2) is 0 Å². The highest BCUT2D eigenvalue weighted by molar-refractivity contribution is 4.86. The molecule has 0 radical (unpaired) electrons. The molecule has 4 unspecified atom stereocenters. The third-order valence-electron chi connectivity index (χ3n) is 4.39. The average molecular weight is 256 g/mol. The Kier molecular flexibility index (Phi) is 5.42. The minimum absolute atomic E-state index is 0.372. The molecule has 0 saturated carbocycles. The Balaban J connectivity index is 1.86. The van der Waals surface area contributed by atoms with Gasteiger partial charge in [-0.1, -0.05) is 6.92 Å². The van der Waals surface area contributed by atoms with Crippen molar-refractivity contribution in [3.8, 4) is 0 Å². The quantitative estimate of drug-likeness (QED) is 0.772. The second-order valence-electron chi connectivity index (χ2n) is 5.66. The van der Waals surface area contributed by atoms with Crippen LogP contribution in [-0.4, -0.2) is 63.0 Å². The van der Waals surface area contributed by atoms with Crippen LogP contribution in [0.25, 0.3) is 0 Å². The van der Waals surface area contributed by atoms with E-state index in [1.165, 1.54) is 6.42 Å². The van der Waals surface area contributed by atoms with Gasteiger partial charge >= 0.3 is 0 Å². The van der Waals surface area contributed by atoms with Gasteiger partial charge in [0.25, 0.3) is 0 Å². The lowest BCUT2D eigenvalue weighted by Crippen LogP contribution is -2.49. The lowest BCUT2D eigenvalue weighted by Gasteiger charge is -2.33. The van der Waals surface area contributed by atoms with Gasteiger partial charge < -0.3 is 14.8 Å². The maximum absolute atomic E-state index is 5.67. The van der Waals surface area contributed by atoms with Gasteiger partial charge in [0.15, 0.2) is 0 Å². The van der Waals surface area contributed by atoms with E-state index in [1.54, 1.807) is 0 Å². The summed E-state index contributed by atoms with van der Waals surface area (Å²) in [6.45, 7) is 9.27.